The van der Waals surface area contributed by atoms with Crippen LogP contribution in [-0.4, -0.2) is 46.7 Å². The average molecular weight is 423 g/mol. The minimum atomic E-state index is -0.369. The van der Waals surface area contributed by atoms with Crippen LogP contribution in [0.15, 0.2) is 0 Å². The molecule has 172 valence electrons. The van der Waals surface area contributed by atoms with Gasteiger partial charge in [0.2, 0.25) is 0 Å². The molecule has 5 nitrogen and oxygen atoms in total. The molecule has 30 heavy (non-hydrogen) atoms. The summed E-state index contributed by atoms with van der Waals surface area (Å²) in [5.41, 5.74) is -0.0882. The molecule has 11 atom stereocenters. The number of fused-ring (bicyclic) bond motifs is 5. The number of ether oxygens (including phenoxy) is 1. The number of methoxy groups -OCH3 is 1. The third kappa shape index (κ3) is 3.34. The molecule has 4 aliphatic rings. The van der Waals surface area contributed by atoms with E-state index in [1.807, 2.05) is 0 Å². The van der Waals surface area contributed by atoms with Gasteiger partial charge in [-0.3, -0.25) is 4.79 Å². The van der Waals surface area contributed by atoms with Crippen LogP contribution in [0, 0.1) is 46.3 Å². The van der Waals surface area contributed by atoms with Crippen LogP contribution in [0.25, 0.3) is 0 Å². The molecule has 0 amide bonds. The highest BCUT2D eigenvalue weighted by Crippen LogP contribution is 2.68. The van der Waals surface area contributed by atoms with E-state index >= 15 is 0 Å². The second-order valence-electron chi connectivity index (χ2n) is 11.6. The van der Waals surface area contributed by atoms with Crippen molar-refractivity contribution in [3.8, 4) is 0 Å². The second kappa shape index (κ2) is 8.04. The van der Waals surface area contributed by atoms with E-state index in [2.05, 4.69) is 20.8 Å². The number of carbonyl (C=O) groups excluding carboxylic acids is 1. The summed E-state index contributed by atoms with van der Waals surface area (Å²) in [6, 6.07) is 0. The van der Waals surface area contributed by atoms with Crippen LogP contribution in [0.3, 0.4) is 0 Å². The van der Waals surface area contributed by atoms with Crippen LogP contribution >= 0.6 is 0 Å². The van der Waals surface area contributed by atoms with Crippen molar-refractivity contribution in [1.82, 2.24) is 0 Å². The van der Waals surface area contributed by atoms with Gasteiger partial charge in [-0.2, -0.15) is 0 Å². The maximum Gasteiger partial charge on any atom is 0.305 e. The molecule has 4 saturated carbocycles. The van der Waals surface area contributed by atoms with Gasteiger partial charge in [-0.05, 0) is 97.7 Å². The van der Waals surface area contributed by atoms with Crippen LogP contribution in [-0.2, 0) is 9.53 Å². The smallest absolute Gasteiger partial charge is 0.305 e. The lowest BCUT2D eigenvalue weighted by molar-refractivity contribution is -0.207. The second-order valence-corrected chi connectivity index (χ2v) is 11.6. The number of aliphatic hydroxyl groups excluding tert-OH is 3. The lowest BCUT2D eigenvalue weighted by atomic mass is 9.43. The van der Waals surface area contributed by atoms with E-state index in [-0.39, 0.29) is 41.0 Å². The van der Waals surface area contributed by atoms with Gasteiger partial charge in [0.25, 0.3) is 0 Å². The number of aliphatic hydroxyl groups is 3. The van der Waals surface area contributed by atoms with Gasteiger partial charge in [-0.25, -0.2) is 0 Å². The Morgan fingerprint density at radius 3 is 2.50 bits per heavy atom. The highest BCUT2D eigenvalue weighted by atomic mass is 16.5. The summed E-state index contributed by atoms with van der Waals surface area (Å²) >= 11 is 0. The fourth-order valence-corrected chi connectivity index (χ4v) is 8.78. The van der Waals surface area contributed by atoms with Crippen molar-refractivity contribution in [3.05, 3.63) is 0 Å². The standard InChI is InChI=1S/C25H42O5/c1-14(5-8-22(29)30-4)17-6-7-18-23-19(13-21(28)25(17,18)3)24(2)10-9-16(26)11-15(24)12-20(23)27/h14-21,23,26-28H,5-13H2,1-4H3/t14-,15-,16-,17-,18+,19+,20-,21+,23+,24+,25+/m1/s1. The van der Waals surface area contributed by atoms with Gasteiger partial charge in [-0.1, -0.05) is 20.8 Å². The molecule has 0 aromatic carbocycles. The Kier molecular flexibility index (Phi) is 6.04. The fraction of sp³-hybridized carbons (Fsp3) is 0.960. The van der Waals surface area contributed by atoms with E-state index in [1.54, 1.807) is 0 Å². The lowest BCUT2D eigenvalue weighted by Gasteiger charge is -2.63. The normalized spacial score (nSPS) is 51.4. The third-order valence-electron chi connectivity index (χ3n) is 10.6. The van der Waals surface area contributed by atoms with E-state index in [1.165, 1.54) is 7.11 Å². The highest BCUT2D eigenvalue weighted by molar-refractivity contribution is 5.69. The molecular weight excluding hydrogens is 380 g/mol. The Hall–Kier alpha value is -0.650. The van der Waals surface area contributed by atoms with Gasteiger partial charge in [0.15, 0.2) is 0 Å². The molecule has 0 aromatic rings. The SMILES string of the molecule is COC(=O)CC[C@@H](C)[C@H]1CC[C@H]2[C@@H]3[C@H](O)C[C@H]4C[C@H](O)CC[C@]4(C)[C@H]3C[C@H](O)[C@@]12C. The topological polar surface area (TPSA) is 87.0 Å². The Balaban J connectivity index is 1.58. The zero-order valence-corrected chi connectivity index (χ0v) is 19.2. The summed E-state index contributed by atoms with van der Waals surface area (Å²) in [5, 5.41) is 33.1. The first-order chi connectivity index (χ1) is 14.1. The van der Waals surface area contributed by atoms with Crippen LogP contribution in [0.2, 0.25) is 0 Å². The molecule has 0 unspecified atom stereocenters. The Bertz CT molecular complexity index is 651. The average Bonchev–Trinajstić information content (AvgIpc) is 3.06. The number of hydrogen-bond acceptors (Lipinski definition) is 5. The first kappa shape index (κ1) is 22.5. The largest absolute Gasteiger partial charge is 0.469 e. The summed E-state index contributed by atoms with van der Waals surface area (Å²) in [6.45, 7) is 6.85. The fourth-order valence-electron chi connectivity index (χ4n) is 8.78. The third-order valence-corrected chi connectivity index (χ3v) is 10.6. The Morgan fingerprint density at radius 2 is 1.80 bits per heavy atom. The number of hydrogen-bond donors (Lipinski definition) is 3. The maximum absolute atomic E-state index is 11.7. The van der Waals surface area contributed by atoms with E-state index in [9.17, 15) is 20.1 Å². The predicted molar refractivity (Wildman–Crippen MR) is 114 cm³/mol. The van der Waals surface area contributed by atoms with Crippen molar-refractivity contribution >= 4 is 5.97 Å². The first-order valence-electron chi connectivity index (χ1n) is 12.2. The molecular formula is C25H42O5. The quantitative estimate of drug-likeness (QED) is 0.603. The zero-order chi connectivity index (χ0) is 21.8. The predicted octanol–water partition coefficient (Wildman–Crippen LogP) is 3.54. The number of carbonyl (C=O) groups is 1. The molecule has 0 aromatic heterocycles. The number of esters is 1. The molecule has 4 aliphatic carbocycles. The first-order valence-corrected chi connectivity index (χ1v) is 12.2. The summed E-state index contributed by atoms with van der Waals surface area (Å²) < 4.78 is 4.83. The summed E-state index contributed by atoms with van der Waals surface area (Å²) in [7, 11) is 1.44. The van der Waals surface area contributed by atoms with Crippen molar-refractivity contribution in [2.45, 2.75) is 96.9 Å². The minimum Gasteiger partial charge on any atom is -0.469 e. The molecule has 4 rings (SSSR count). The summed E-state index contributed by atoms with van der Waals surface area (Å²) in [4.78, 5) is 11.7. The highest BCUT2D eigenvalue weighted by Gasteiger charge is 2.65. The van der Waals surface area contributed by atoms with Gasteiger partial charge < -0.3 is 20.1 Å². The van der Waals surface area contributed by atoms with Crippen LogP contribution in [0.5, 0.6) is 0 Å². The zero-order valence-electron chi connectivity index (χ0n) is 19.2. The summed E-state index contributed by atoms with van der Waals surface area (Å²) in [6.07, 6.45) is 6.60. The van der Waals surface area contributed by atoms with Gasteiger partial charge >= 0.3 is 5.97 Å². The molecule has 4 fully saturated rings. The Labute approximate surface area is 181 Å². The van der Waals surface area contributed by atoms with Crippen LogP contribution in [0.1, 0.15) is 78.6 Å². The molecule has 0 bridgehead atoms. The van der Waals surface area contributed by atoms with Crippen molar-refractivity contribution in [1.29, 1.82) is 0 Å². The molecule has 0 spiro atoms. The molecule has 0 heterocycles. The van der Waals surface area contributed by atoms with Crippen molar-refractivity contribution in [3.63, 3.8) is 0 Å². The monoisotopic (exact) mass is 422 g/mol. The van der Waals surface area contributed by atoms with Gasteiger partial charge in [-0.15, -0.1) is 0 Å². The molecule has 5 heteroatoms. The Morgan fingerprint density at radius 1 is 1.07 bits per heavy atom. The molecule has 0 aliphatic heterocycles. The van der Waals surface area contributed by atoms with Gasteiger partial charge in [0.1, 0.15) is 0 Å². The van der Waals surface area contributed by atoms with Crippen molar-refractivity contribution in [2.24, 2.45) is 46.3 Å². The van der Waals surface area contributed by atoms with E-state index in [0.717, 1.165) is 51.4 Å². The van der Waals surface area contributed by atoms with Crippen molar-refractivity contribution in [2.75, 3.05) is 7.11 Å². The van der Waals surface area contributed by atoms with E-state index < -0.39 is 0 Å². The van der Waals surface area contributed by atoms with Crippen LogP contribution < -0.4 is 0 Å². The van der Waals surface area contributed by atoms with Crippen LogP contribution in [0.4, 0.5) is 0 Å². The minimum absolute atomic E-state index is 0.111. The molecule has 3 N–H and O–H groups in total. The molecule has 0 radical (unpaired) electrons. The van der Waals surface area contributed by atoms with Gasteiger partial charge in [0.05, 0.1) is 25.4 Å². The number of rotatable bonds is 4. The summed E-state index contributed by atoms with van der Waals surface area (Å²) in [5.74, 6) is 1.81. The van der Waals surface area contributed by atoms with E-state index in [4.69, 9.17) is 4.74 Å². The van der Waals surface area contributed by atoms with Gasteiger partial charge in [0, 0.05) is 6.42 Å². The van der Waals surface area contributed by atoms with E-state index in [0.29, 0.717) is 36.0 Å². The lowest BCUT2D eigenvalue weighted by Crippen LogP contribution is -2.62. The molecule has 0 saturated heterocycles. The maximum atomic E-state index is 11.7. The van der Waals surface area contributed by atoms with Crippen molar-refractivity contribution < 1.29 is 24.9 Å².